The van der Waals surface area contributed by atoms with Gasteiger partial charge in [-0.15, -0.1) is 0 Å². The summed E-state index contributed by atoms with van der Waals surface area (Å²) < 4.78 is 57.5. The summed E-state index contributed by atoms with van der Waals surface area (Å²) in [6.07, 6.45) is -4.37. The Morgan fingerprint density at radius 1 is 0.440 bits per heavy atom. The van der Waals surface area contributed by atoms with Crippen LogP contribution < -0.4 is 49.7 Å². The van der Waals surface area contributed by atoms with Gasteiger partial charge in [-0.05, 0) is 159 Å². The highest BCUT2D eigenvalue weighted by Crippen LogP contribution is 2.30. The fraction of sp³-hybridized carbons (Fsp3) is 0.262. The van der Waals surface area contributed by atoms with E-state index in [4.69, 9.17) is 11.6 Å². The number of aromatic nitrogens is 12. The number of hydrogen-bond acceptors (Lipinski definition) is 15. The van der Waals surface area contributed by atoms with Gasteiger partial charge in [0.15, 0.2) is 34.6 Å². The van der Waals surface area contributed by atoms with Gasteiger partial charge in [0, 0.05) is 69.5 Å². The van der Waals surface area contributed by atoms with E-state index < -0.39 is 45.5 Å². The molecule has 91 heavy (non-hydrogen) atoms. The Morgan fingerprint density at radius 3 is 1.20 bits per heavy atom. The van der Waals surface area contributed by atoms with Crippen molar-refractivity contribution in [1.82, 2.24) is 74.5 Å². The molecule has 12 rings (SSSR count). The Bertz CT molecular complexity index is 5000. The Kier molecular flexibility index (Phi) is 19.0. The Labute approximate surface area is 520 Å². The van der Waals surface area contributed by atoms with Crippen LogP contribution in [0.5, 0.6) is 0 Å². The number of aromatic amines is 3. The molecule has 6 aromatic rings. The van der Waals surface area contributed by atoms with E-state index in [1.54, 1.807) is 21.3 Å². The highest BCUT2D eigenvalue weighted by atomic mass is 35.5. The monoisotopic (exact) mass is 1260 g/mol. The highest BCUT2D eigenvalue weighted by molar-refractivity contribution is 6.30. The number of benzene rings is 6. The minimum absolute atomic E-state index is 0.0723. The second-order valence-corrected chi connectivity index (χ2v) is 22.5. The molecule has 0 saturated carbocycles. The maximum Gasteiger partial charge on any atom is 0.416 e. The molecule has 0 amide bonds. The summed E-state index contributed by atoms with van der Waals surface area (Å²) in [5.41, 5.74) is 10.2. The first kappa shape index (κ1) is 64.0. The van der Waals surface area contributed by atoms with Crippen molar-refractivity contribution in [3.05, 3.63) is 238 Å². The normalized spacial score (nSPS) is 11.6. The van der Waals surface area contributed by atoms with Crippen LogP contribution in [0.15, 0.2) is 132 Å². The number of halogens is 5. The molecule has 0 bridgehead atoms. The first-order valence-electron chi connectivity index (χ1n) is 28.9. The van der Waals surface area contributed by atoms with Gasteiger partial charge in [-0.2, -0.15) is 28.1 Å². The van der Waals surface area contributed by atoms with E-state index in [0.717, 1.165) is 68.6 Å². The Balaban J connectivity index is 0.000000150. The van der Waals surface area contributed by atoms with Crippen LogP contribution in [0.3, 0.4) is 0 Å². The first-order valence-corrected chi connectivity index (χ1v) is 29.3. The van der Waals surface area contributed by atoms with Crippen molar-refractivity contribution < 1.29 is 17.6 Å². The van der Waals surface area contributed by atoms with E-state index in [-0.39, 0.29) is 34.5 Å². The molecule has 21 nitrogen and oxygen atoms in total. The lowest BCUT2D eigenvalue weighted by Gasteiger charge is -2.18. The number of nitrogens with zero attached hydrogens (tertiary/aromatic N) is 9. The molecule has 6 aliphatic heterocycles. The van der Waals surface area contributed by atoms with Gasteiger partial charge in [0.1, 0.15) is 5.82 Å². The molecule has 468 valence electrons. The molecule has 6 aliphatic rings. The third-order valence-corrected chi connectivity index (χ3v) is 16.0. The SMILES string of the molecule is Cc1cc2nc3c(=O)[nH]c(=O)nc-3n(CCNCc3ccc(C(F)(F)F)cc3)c2cc1C.Cc1cc2nc3c(=O)[nH]c(=O)nc-3n(CCNCc3ccc(Cl)cc3F)c2cc1C.Cc1cc2nc3c(=O)[nH]c(=O)nc-3n(CCNCc3ccccc3C)c2cc1C. The van der Waals surface area contributed by atoms with Crippen molar-refractivity contribution in [3.63, 3.8) is 0 Å². The molecule has 0 aromatic heterocycles. The maximum atomic E-state index is 14.0. The highest BCUT2D eigenvalue weighted by Gasteiger charge is 2.30. The van der Waals surface area contributed by atoms with Crippen LogP contribution in [-0.2, 0) is 45.4 Å². The third-order valence-electron chi connectivity index (χ3n) is 15.7. The molecule has 0 unspecified atom stereocenters. The number of nitrogens with one attached hydrogen (secondary N) is 6. The number of H-pyrrole nitrogens is 3. The summed E-state index contributed by atoms with van der Waals surface area (Å²) in [5.74, 6) is 0.342. The van der Waals surface area contributed by atoms with Crippen LogP contribution >= 0.6 is 11.6 Å². The Morgan fingerprint density at radius 2 is 0.813 bits per heavy atom. The zero-order valence-corrected chi connectivity index (χ0v) is 51.3. The zero-order valence-electron chi connectivity index (χ0n) is 50.5. The fourth-order valence-electron chi connectivity index (χ4n) is 10.4. The van der Waals surface area contributed by atoms with Gasteiger partial charge >= 0.3 is 23.2 Å². The van der Waals surface area contributed by atoms with Crippen molar-refractivity contribution in [2.45, 2.75) is 93.9 Å². The summed E-state index contributed by atoms with van der Waals surface area (Å²) in [6, 6.07) is 29.4. The number of aryl methyl sites for hydroxylation is 7. The molecular weight excluding hydrogens is 1200 g/mol. The molecule has 26 heteroatoms. The summed E-state index contributed by atoms with van der Waals surface area (Å²) in [5, 5.41) is 10.1. The molecule has 6 aromatic carbocycles. The van der Waals surface area contributed by atoms with Crippen LogP contribution in [0.2, 0.25) is 5.02 Å². The lowest BCUT2D eigenvalue weighted by Crippen LogP contribution is -2.30. The summed E-state index contributed by atoms with van der Waals surface area (Å²) >= 11 is 5.79. The van der Waals surface area contributed by atoms with Crippen LogP contribution in [0.1, 0.15) is 61.2 Å². The molecular formula is C65H62ClF4N15O6. The molecule has 6 heterocycles. The first-order chi connectivity index (χ1) is 43.4. The quantitative estimate of drug-likeness (QED) is 0.0321. The van der Waals surface area contributed by atoms with Gasteiger partial charge in [-0.1, -0.05) is 54.1 Å². The van der Waals surface area contributed by atoms with Crippen LogP contribution in [-0.4, -0.2) is 78.2 Å². The second kappa shape index (κ2) is 27.0. The van der Waals surface area contributed by atoms with Crippen molar-refractivity contribution in [2.24, 2.45) is 0 Å². The van der Waals surface area contributed by atoms with Gasteiger partial charge in [-0.25, -0.2) is 33.7 Å². The second-order valence-electron chi connectivity index (χ2n) is 22.1. The van der Waals surface area contributed by atoms with Gasteiger partial charge in [0.2, 0.25) is 0 Å². The smallest absolute Gasteiger partial charge is 0.321 e. The van der Waals surface area contributed by atoms with Crippen LogP contribution in [0.4, 0.5) is 17.6 Å². The van der Waals surface area contributed by atoms with Crippen LogP contribution in [0.25, 0.3) is 67.7 Å². The predicted octanol–water partition coefficient (Wildman–Crippen LogP) is 8.09. The number of alkyl halides is 3. The van der Waals surface area contributed by atoms with Gasteiger partial charge in [-0.3, -0.25) is 29.3 Å². The van der Waals surface area contributed by atoms with Gasteiger partial charge in [0.05, 0.1) is 38.7 Å². The van der Waals surface area contributed by atoms with Gasteiger partial charge in [0.25, 0.3) is 16.7 Å². The average molecular weight is 1260 g/mol. The third kappa shape index (κ3) is 14.6. The van der Waals surface area contributed by atoms with Crippen LogP contribution in [0, 0.1) is 54.3 Å². The molecule has 0 atom stereocenters. The minimum atomic E-state index is -4.37. The van der Waals surface area contributed by atoms with E-state index in [1.165, 1.54) is 29.3 Å². The molecule has 0 spiro atoms. The van der Waals surface area contributed by atoms with Crippen molar-refractivity contribution in [1.29, 1.82) is 0 Å². The molecule has 0 saturated heterocycles. The standard InChI is InChI=1S/C22H20F3N5O2.C22H23N5O2.C21H19ClFN5O2/c1-12-9-16-17(10-13(12)2)30(19-18(27-16)20(31)29-21(32)28-19)8-7-26-11-14-3-5-15(6-4-14)22(23,24)25;1-13-6-4-5-7-16(13)12-23-8-9-27-18-11-15(3)14(2)10-17(18)24-19-20(27)25-22(29)26-21(19)28;1-11-7-16-17(8-12(11)2)28(19-18(25-16)20(29)27-21(30)26-19)6-5-24-10-13-3-4-14(22)9-15(13)23/h3-6,9-10,26H,7-8,11H2,1-2H3,(H,29,31,32);4-7,10-11,23H,8-9,12H2,1-3H3,(H,26,28,29);3-4,7-9,24H,5-6,10H2,1-2H3,(H,27,29,30). The minimum Gasteiger partial charge on any atom is -0.321 e. The lowest BCUT2D eigenvalue weighted by molar-refractivity contribution is -0.137. The summed E-state index contributed by atoms with van der Waals surface area (Å²) in [4.78, 5) is 104. The Hall–Kier alpha value is -9.95. The van der Waals surface area contributed by atoms with E-state index in [0.29, 0.717) is 90.9 Å². The van der Waals surface area contributed by atoms with E-state index >= 15 is 0 Å². The molecule has 6 N–H and O–H groups in total. The number of hydrogen-bond donors (Lipinski definition) is 6. The van der Waals surface area contributed by atoms with Gasteiger partial charge < -0.3 is 29.7 Å². The maximum absolute atomic E-state index is 14.0. The summed E-state index contributed by atoms with van der Waals surface area (Å²) in [6.45, 7) is 18.3. The van der Waals surface area contributed by atoms with Crippen molar-refractivity contribution >= 4 is 44.7 Å². The van der Waals surface area contributed by atoms with Crippen molar-refractivity contribution in [3.8, 4) is 34.6 Å². The topological polar surface area (TPSA) is 278 Å². The molecule has 0 fully saturated rings. The van der Waals surface area contributed by atoms with E-state index in [2.05, 4.69) is 79.9 Å². The van der Waals surface area contributed by atoms with Crippen molar-refractivity contribution in [2.75, 3.05) is 19.6 Å². The number of rotatable bonds is 15. The van der Waals surface area contributed by atoms with E-state index in [1.807, 2.05) is 94.6 Å². The average Bonchev–Trinajstić information content (AvgIpc) is 0.833. The summed E-state index contributed by atoms with van der Waals surface area (Å²) in [7, 11) is 0. The zero-order chi connectivity index (χ0) is 65.0. The largest absolute Gasteiger partial charge is 0.416 e. The lowest BCUT2D eigenvalue weighted by atomic mass is 10.1. The van der Waals surface area contributed by atoms with E-state index in [9.17, 15) is 46.3 Å². The number of fused-ring (bicyclic) bond motifs is 6. The molecule has 0 radical (unpaired) electrons. The predicted molar refractivity (Wildman–Crippen MR) is 341 cm³/mol. The molecule has 0 aliphatic carbocycles. The fourth-order valence-corrected chi connectivity index (χ4v) is 10.5.